The third-order valence-corrected chi connectivity index (χ3v) is 5.62. The Morgan fingerprint density at radius 1 is 1.30 bits per heavy atom. The Balaban J connectivity index is 0.00000210. The van der Waals surface area contributed by atoms with Gasteiger partial charge in [0.1, 0.15) is 5.69 Å². The number of amides is 1. The van der Waals surface area contributed by atoms with Gasteiger partial charge in [0.05, 0.1) is 6.04 Å². The van der Waals surface area contributed by atoms with E-state index in [1.54, 1.807) is 0 Å². The summed E-state index contributed by atoms with van der Waals surface area (Å²) in [4.78, 5) is 30.7. The second kappa shape index (κ2) is 8.05. The van der Waals surface area contributed by atoms with Crippen molar-refractivity contribution < 1.29 is 9.59 Å². The number of H-pyrrole nitrogens is 1. The maximum Gasteiger partial charge on any atom is 0.271 e. The topological polar surface area (TPSA) is 65.2 Å². The van der Waals surface area contributed by atoms with E-state index in [1.165, 1.54) is 0 Å². The van der Waals surface area contributed by atoms with E-state index in [-0.39, 0.29) is 30.1 Å². The molecular formula is C20H23Cl2N3O2. The smallest absolute Gasteiger partial charge is 0.271 e. The first-order valence-corrected chi connectivity index (χ1v) is 9.46. The molecule has 144 valence electrons. The summed E-state index contributed by atoms with van der Waals surface area (Å²) >= 11 is 6.15. The van der Waals surface area contributed by atoms with Crippen molar-refractivity contribution in [1.82, 2.24) is 15.2 Å². The molecule has 1 unspecified atom stereocenters. The quantitative estimate of drug-likeness (QED) is 0.797. The molecule has 4 rings (SSSR count). The Morgan fingerprint density at radius 3 is 2.85 bits per heavy atom. The van der Waals surface area contributed by atoms with E-state index < -0.39 is 0 Å². The van der Waals surface area contributed by atoms with Crippen LogP contribution in [0.15, 0.2) is 24.3 Å². The Kier molecular flexibility index (Phi) is 5.94. The van der Waals surface area contributed by atoms with E-state index >= 15 is 0 Å². The average Bonchev–Trinajstić information content (AvgIpc) is 2.99. The molecule has 1 aliphatic heterocycles. The molecule has 1 aromatic carbocycles. The lowest BCUT2D eigenvalue weighted by atomic mass is 9.93. The van der Waals surface area contributed by atoms with Gasteiger partial charge in [0.15, 0.2) is 5.78 Å². The fraction of sp³-hybridized carbons (Fsp3) is 0.400. The molecule has 7 heteroatoms. The minimum Gasteiger partial charge on any atom is -0.354 e. The third-order valence-electron chi connectivity index (χ3n) is 5.39. The van der Waals surface area contributed by atoms with E-state index in [0.29, 0.717) is 30.2 Å². The molecule has 1 aliphatic carbocycles. The fourth-order valence-corrected chi connectivity index (χ4v) is 4.29. The number of rotatable bonds is 2. The van der Waals surface area contributed by atoms with Gasteiger partial charge in [0.2, 0.25) is 0 Å². The zero-order valence-electron chi connectivity index (χ0n) is 15.2. The Labute approximate surface area is 169 Å². The van der Waals surface area contributed by atoms with Crippen LogP contribution in [-0.4, -0.2) is 41.2 Å². The standard InChI is InChI=1S/C20H22ClN3O2.ClH/c1-12-18-15(6-3-7-17(18)25)23-19(12)20(26)24-9-8-22-11-16(24)13-4-2-5-14(21)10-13;/h2,4-5,10,16,22-23H,3,6-9,11H2,1H3;1H. The van der Waals surface area contributed by atoms with Crippen LogP contribution in [0.4, 0.5) is 0 Å². The zero-order chi connectivity index (χ0) is 18.3. The molecule has 1 aromatic heterocycles. The largest absolute Gasteiger partial charge is 0.354 e. The van der Waals surface area contributed by atoms with Gasteiger partial charge in [0.25, 0.3) is 5.91 Å². The number of hydrogen-bond donors (Lipinski definition) is 2. The first-order chi connectivity index (χ1) is 12.6. The molecule has 1 atom stereocenters. The second-order valence-corrected chi connectivity index (χ2v) is 7.47. The summed E-state index contributed by atoms with van der Waals surface area (Å²) in [6, 6.07) is 7.58. The van der Waals surface area contributed by atoms with Gasteiger partial charge in [-0.15, -0.1) is 12.4 Å². The van der Waals surface area contributed by atoms with Crippen LogP contribution >= 0.6 is 24.0 Å². The number of nitrogens with zero attached hydrogens (tertiary/aromatic N) is 1. The highest BCUT2D eigenvalue weighted by Crippen LogP contribution is 2.30. The fourth-order valence-electron chi connectivity index (χ4n) is 4.09. The maximum atomic E-state index is 13.3. The number of nitrogens with one attached hydrogen (secondary N) is 2. The van der Waals surface area contributed by atoms with Crippen molar-refractivity contribution in [3.8, 4) is 0 Å². The van der Waals surface area contributed by atoms with Crippen LogP contribution in [0.3, 0.4) is 0 Å². The first kappa shape index (κ1) is 19.9. The molecule has 0 radical (unpaired) electrons. The van der Waals surface area contributed by atoms with Gasteiger partial charge in [-0.2, -0.15) is 0 Å². The lowest BCUT2D eigenvalue weighted by Crippen LogP contribution is -2.49. The first-order valence-electron chi connectivity index (χ1n) is 9.08. The van der Waals surface area contributed by atoms with Crippen molar-refractivity contribution in [2.45, 2.75) is 32.2 Å². The average molecular weight is 408 g/mol. The predicted octanol–water partition coefficient (Wildman–Crippen LogP) is 3.70. The number of fused-ring (bicyclic) bond motifs is 1. The van der Waals surface area contributed by atoms with Gasteiger partial charge < -0.3 is 15.2 Å². The number of piperazine rings is 1. The summed E-state index contributed by atoms with van der Waals surface area (Å²) in [5.41, 5.74) is 4.01. The van der Waals surface area contributed by atoms with Crippen LogP contribution in [0, 0.1) is 6.92 Å². The Bertz CT molecular complexity index is 878. The lowest BCUT2D eigenvalue weighted by Gasteiger charge is -2.36. The summed E-state index contributed by atoms with van der Waals surface area (Å²) in [5.74, 6) is 0.0990. The van der Waals surface area contributed by atoms with Crippen LogP contribution in [-0.2, 0) is 6.42 Å². The van der Waals surface area contributed by atoms with E-state index in [9.17, 15) is 9.59 Å². The monoisotopic (exact) mass is 407 g/mol. The van der Waals surface area contributed by atoms with E-state index in [0.717, 1.165) is 41.8 Å². The number of carbonyl (C=O) groups is 2. The van der Waals surface area contributed by atoms with Gasteiger partial charge in [-0.05, 0) is 43.0 Å². The van der Waals surface area contributed by atoms with Gasteiger partial charge in [-0.25, -0.2) is 0 Å². The molecule has 2 N–H and O–H groups in total. The highest BCUT2D eigenvalue weighted by molar-refractivity contribution is 6.30. The number of aryl methyl sites for hydroxylation is 1. The van der Waals surface area contributed by atoms with Crippen LogP contribution in [0.2, 0.25) is 5.02 Å². The highest BCUT2D eigenvalue weighted by atomic mass is 35.5. The number of hydrogen-bond acceptors (Lipinski definition) is 3. The van der Waals surface area contributed by atoms with Gasteiger partial charge in [0, 0.05) is 42.3 Å². The van der Waals surface area contributed by atoms with Crippen molar-refractivity contribution in [2.75, 3.05) is 19.6 Å². The highest BCUT2D eigenvalue weighted by Gasteiger charge is 2.33. The molecule has 0 spiro atoms. The molecular weight excluding hydrogens is 385 g/mol. The number of carbonyl (C=O) groups excluding carboxylic acids is 2. The Morgan fingerprint density at radius 2 is 2.11 bits per heavy atom. The maximum absolute atomic E-state index is 13.3. The minimum absolute atomic E-state index is 0. The predicted molar refractivity (Wildman–Crippen MR) is 108 cm³/mol. The summed E-state index contributed by atoms with van der Waals surface area (Å²) in [6.07, 6.45) is 2.24. The van der Waals surface area contributed by atoms with Crippen LogP contribution in [0.5, 0.6) is 0 Å². The van der Waals surface area contributed by atoms with Crippen molar-refractivity contribution in [1.29, 1.82) is 0 Å². The minimum atomic E-state index is -0.0784. The Hall–Kier alpha value is -1.82. The molecule has 1 fully saturated rings. The molecule has 2 aromatic rings. The van der Waals surface area contributed by atoms with Gasteiger partial charge >= 0.3 is 0 Å². The molecule has 27 heavy (non-hydrogen) atoms. The number of aromatic amines is 1. The van der Waals surface area contributed by atoms with Crippen molar-refractivity contribution in [3.05, 3.63) is 57.4 Å². The zero-order valence-corrected chi connectivity index (χ0v) is 16.8. The van der Waals surface area contributed by atoms with E-state index in [1.807, 2.05) is 36.1 Å². The van der Waals surface area contributed by atoms with Gasteiger partial charge in [-0.3, -0.25) is 9.59 Å². The normalized spacial score (nSPS) is 19.4. The van der Waals surface area contributed by atoms with Crippen LogP contribution in [0.25, 0.3) is 0 Å². The molecule has 0 saturated carbocycles. The lowest BCUT2D eigenvalue weighted by molar-refractivity contribution is 0.0628. The van der Waals surface area contributed by atoms with Crippen molar-refractivity contribution in [3.63, 3.8) is 0 Å². The van der Waals surface area contributed by atoms with Crippen LogP contribution < -0.4 is 5.32 Å². The van der Waals surface area contributed by atoms with Crippen LogP contribution in [0.1, 0.15) is 56.6 Å². The molecule has 0 bridgehead atoms. The number of ketones is 1. The number of benzene rings is 1. The molecule has 5 nitrogen and oxygen atoms in total. The number of aromatic nitrogens is 1. The summed E-state index contributed by atoms with van der Waals surface area (Å²) in [6.45, 7) is 3.93. The van der Waals surface area contributed by atoms with Crippen molar-refractivity contribution in [2.24, 2.45) is 0 Å². The molecule has 1 amide bonds. The van der Waals surface area contributed by atoms with Crippen molar-refractivity contribution >= 4 is 35.7 Å². The number of Topliss-reactive ketones (excluding diaryl/α,β-unsaturated/α-hetero) is 1. The molecule has 1 saturated heterocycles. The summed E-state index contributed by atoms with van der Waals surface area (Å²) < 4.78 is 0. The van der Waals surface area contributed by atoms with E-state index in [2.05, 4.69) is 10.3 Å². The number of halogens is 2. The van der Waals surface area contributed by atoms with E-state index in [4.69, 9.17) is 11.6 Å². The van der Waals surface area contributed by atoms with Gasteiger partial charge in [-0.1, -0.05) is 23.7 Å². The summed E-state index contributed by atoms with van der Waals surface area (Å²) in [5, 5.41) is 4.02. The second-order valence-electron chi connectivity index (χ2n) is 7.03. The summed E-state index contributed by atoms with van der Waals surface area (Å²) in [7, 11) is 0. The molecule has 2 aliphatic rings. The SMILES string of the molecule is Cc1c(C(=O)N2CCNCC2c2cccc(Cl)c2)[nH]c2c1C(=O)CCC2.Cl. The third kappa shape index (κ3) is 3.64. The molecule has 2 heterocycles.